The van der Waals surface area contributed by atoms with Crippen molar-refractivity contribution >= 4 is 10.9 Å². The van der Waals surface area contributed by atoms with Crippen LogP contribution in [0.5, 0.6) is 0 Å². The van der Waals surface area contributed by atoms with Crippen molar-refractivity contribution in [3.63, 3.8) is 0 Å². The molecule has 0 atom stereocenters. The third kappa shape index (κ3) is 2.81. The van der Waals surface area contributed by atoms with E-state index in [-0.39, 0.29) is 5.41 Å². The Morgan fingerprint density at radius 2 is 2.00 bits per heavy atom. The van der Waals surface area contributed by atoms with E-state index in [0.717, 1.165) is 6.42 Å². The van der Waals surface area contributed by atoms with Crippen LogP contribution >= 0.6 is 0 Å². The van der Waals surface area contributed by atoms with Crippen LogP contribution in [0.25, 0.3) is 0 Å². The Bertz CT molecular complexity index is 278. The Balaban J connectivity index is 2.68. The highest BCUT2D eigenvalue weighted by atomic mass is 32.2. The summed E-state index contributed by atoms with van der Waals surface area (Å²) >= 11 is 0. The Kier molecular flexibility index (Phi) is 3.14. The summed E-state index contributed by atoms with van der Waals surface area (Å²) in [5.74, 6) is 0. The maximum Gasteiger partial charge on any atom is 0.204 e. The van der Waals surface area contributed by atoms with Crippen molar-refractivity contribution in [2.45, 2.75) is 27.2 Å². The van der Waals surface area contributed by atoms with E-state index in [0.29, 0.717) is 13.1 Å². The summed E-state index contributed by atoms with van der Waals surface area (Å²) in [6.45, 7) is 7.66. The zero-order valence-electron chi connectivity index (χ0n) is 8.41. The van der Waals surface area contributed by atoms with Crippen LogP contribution in [0.15, 0.2) is 11.6 Å². The predicted octanol–water partition coefficient (Wildman–Crippen LogP) is 1.19. The van der Waals surface area contributed by atoms with E-state index in [9.17, 15) is 8.42 Å². The molecule has 13 heavy (non-hydrogen) atoms. The molecule has 1 aliphatic heterocycles. The van der Waals surface area contributed by atoms with E-state index in [4.69, 9.17) is 0 Å². The quantitative estimate of drug-likeness (QED) is 0.513. The van der Waals surface area contributed by atoms with Gasteiger partial charge in [-0.1, -0.05) is 32.4 Å². The van der Waals surface area contributed by atoms with Gasteiger partial charge in [-0.05, 0) is 11.8 Å². The molecule has 0 aromatic rings. The normalized spacial score (nSPS) is 20.5. The summed E-state index contributed by atoms with van der Waals surface area (Å²) in [6.07, 6.45) is 2.90. The van der Waals surface area contributed by atoms with Gasteiger partial charge in [0.15, 0.2) is 0 Å². The largest absolute Gasteiger partial charge is 0.215 e. The summed E-state index contributed by atoms with van der Waals surface area (Å²) in [5, 5.41) is 0. The molecular formula is C9H17NO2S. The lowest BCUT2D eigenvalue weighted by Gasteiger charge is -2.29. The van der Waals surface area contributed by atoms with E-state index in [1.165, 1.54) is 9.88 Å². The predicted molar refractivity (Wildman–Crippen MR) is 54.0 cm³/mol. The molecule has 1 rings (SSSR count). The molecule has 0 bridgehead atoms. The molecule has 0 N–H and O–H groups in total. The minimum Gasteiger partial charge on any atom is -0.215 e. The molecule has 0 amide bonds. The molecule has 1 heterocycles. The monoisotopic (exact) mass is 203 g/mol. The fourth-order valence-electron chi connectivity index (χ4n) is 1.49. The highest BCUT2D eigenvalue weighted by Crippen LogP contribution is 2.29. The average Bonchev–Trinajstić information content (AvgIpc) is 2.03. The van der Waals surface area contributed by atoms with Crippen molar-refractivity contribution in [2.24, 2.45) is 5.41 Å². The minimum absolute atomic E-state index is 0.181. The standard InChI is InChI=1S/C9H17NO2S/c1-9(2,3)8-4-6-10(7-5-8)13(11)12/h4,13H,5-7H2,1-3H3. The van der Waals surface area contributed by atoms with E-state index in [1.54, 1.807) is 0 Å². The molecule has 0 aromatic carbocycles. The molecule has 0 saturated heterocycles. The molecule has 76 valence electrons. The molecule has 0 unspecified atom stereocenters. The summed E-state index contributed by atoms with van der Waals surface area (Å²) in [6, 6.07) is 0. The van der Waals surface area contributed by atoms with E-state index < -0.39 is 10.9 Å². The molecule has 0 spiro atoms. The second-order valence-electron chi connectivity index (χ2n) is 4.38. The topological polar surface area (TPSA) is 37.4 Å². The summed E-state index contributed by atoms with van der Waals surface area (Å²) in [4.78, 5) is 0. The average molecular weight is 203 g/mol. The van der Waals surface area contributed by atoms with Crippen LogP contribution in [0.3, 0.4) is 0 Å². The van der Waals surface area contributed by atoms with Crippen LogP contribution in [0.2, 0.25) is 0 Å². The van der Waals surface area contributed by atoms with E-state index >= 15 is 0 Å². The first-order chi connectivity index (χ1) is 5.91. The van der Waals surface area contributed by atoms with Crippen LogP contribution in [0, 0.1) is 5.41 Å². The van der Waals surface area contributed by atoms with Gasteiger partial charge in [-0.15, -0.1) is 0 Å². The first-order valence-corrected chi connectivity index (χ1v) is 5.63. The molecule has 3 nitrogen and oxygen atoms in total. The molecule has 0 saturated carbocycles. The SMILES string of the molecule is CC(C)(C)C1=CCN([SH](=O)=O)CC1. The van der Waals surface area contributed by atoms with Crippen molar-refractivity contribution in [2.75, 3.05) is 13.1 Å². The zero-order chi connectivity index (χ0) is 10.1. The van der Waals surface area contributed by atoms with Crippen LogP contribution in [0.4, 0.5) is 0 Å². The number of rotatable bonds is 1. The Hall–Kier alpha value is -0.350. The number of nitrogens with zero attached hydrogens (tertiary/aromatic N) is 1. The summed E-state index contributed by atoms with van der Waals surface area (Å²) in [7, 11) is -2.38. The van der Waals surface area contributed by atoms with Crippen molar-refractivity contribution in [3.8, 4) is 0 Å². The number of hydrogen-bond acceptors (Lipinski definition) is 2. The zero-order valence-corrected chi connectivity index (χ0v) is 9.30. The van der Waals surface area contributed by atoms with Gasteiger partial charge in [0.1, 0.15) is 0 Å². The smallest absolute Gasteiger partial charge is 0.204 e. The lowest BCUT2D eigenvalue weighted by atomic mass is 9.83. The molecule has 0 fully saturated rings. The van der Waals surface area contributed by atoms with Gasteiger partial charge >= 0.3 is 0 Å². The van der Waals surface area contributed by atoms with Gasteiger partial charge in [0.25, 0.3) is 0 Å². The van der Waals surface area contributed by atoms with Crippen LogP contribution in [-0.2, 0) is 10.9 Å². The third-order valence-electron chi connectivity index (χ3n) is 2.38. The first-order valence-electron chi connectivity index (χ1n) is 4.50. The van der Waals surface area contributed by atoms with Gasteiger partial charge in [-0.25, -0.2) is 12.7 Å². The third-order valence-corrected chi connectivity index (χ3v) is 3.21. The molecule has 4 heteroatoms. The molecule has 0 aliphatic carbocycles. The number of hydrogen-bond donors (Lipinski definition) is 1. The Labute approximate surface area is 81.5 Å². The van der Waals surface area contributed by atoms with Crippen LogP contribution in [-0.4, -0.2) is 25.8 Å². The van der Waals surface area contributed by atoms with Crippen LogP contribution < -0.4 is 0 Å². The Morgan fingerprint density at radius 1 is 1.38 bits per heavy atom. The Morgan fingerprint density at radius 3 is 2.31 bits per heavy atom. The summed E-state index contributed by atoms with van der Waals surface area (Å²) in [5.41, 5.74) is 1.54. The van der Waals surface area contributed by atoms with E-state index in [2.05, 4.69) is 20.8 Å². The summed E-state index contributed by atoms with van der Waals surface area (Å²) < 4.78 is 22.8. The molecule has 0 radical (unpaired) electrons. The van der Waals surface area contributed by atoms with Crippen molar-refractivity contribution in [1.82, 2.24) is 4.31 Å². The fraction of sp³-hybridized carbons (Fsp3) is 0.778. The molecular weight excluding hydrogens is 186 g/mol. The van der Waals surface area contributed by atoms with E-state index in [1.807, 2.05) is 6.08 Å². The number of thiol groups is 1. The van der Waals surface area contributed by atoms with Crippen LogP contribution in [0.1, 0.15) is 27.2 Å². The minimum atomic E-state index is -2.38. The second kappa shape index (κ2) is 3.80. The van der Waals surface area contributed by atoms with Gasteiger partial charge in [0.2, 0.25) is 10.9 Å². The lowest BCUT2D eigenvalue weighted by molar-refractivity contribution is 0.398. The molecule has 1 aliphatic rings. The first kappa shape index (κ1) is 10.7. The maximum atomic E-state index is 10.6. The highest BCUT2D eigenvalue weighted by molar-refractivity contribution is 7.69. The van der Waals surface area contributed by atoms with Gasteiger partial charge in [-0.3, -0.25) is 0 Å². The van der Waals surface area contributed by atoms with Crippen molar-refractivity contribution in [3.05, 3.63) is 11.6 Å². The molecule has 0 aromatic heterocycles. The fourth-order valence-corrected chi connectivity index (χ4v) is 1.97. The van der Waals surface area contributed by atoms with Gasteiger partial charge in [0.05, 0.1) is 0 Å². The highest BCUT2D eigenvalue weighted by Gasteiger charge is 2.21. The van der Waals surface area contributed by atoms with Crippen molar-refractivity contribution < 1.29 is 8.42 Å². The van der Waals surface area contributed by atoms with Gasteiger partial charge in [0, 0.05) is 13.1 Å². The second-order valence-corrected chi connectivity index (χ2v) is 5.42. The van der Waals surface area contributed by atoms with Gasteiger partial charge < -0.3 is 0 Å². The van der Waals surface area contributed by atoms with Crippen molar-refractivity contribution in [1.29, 1.82) is 0 Å². The maximum absolute atomic E-state index is 10.6. The lowest BCUT2D eigenvalue weighted by Crippen LogP contribution is -2.29. The van der Waals surface area contributed by atoms with Gasteiger partial charge in [-0.2, -0.15) is 0 Å².